The minimum absolute atomic E-state index is 0.0287. The molecule has 0 amide bonds. The van der Waals surface area contributed by atoms with Crippen molar-refractivity contribution in [3.8, 4) is 0 Å². The molecule has 0 spiro atoms. The summed E-state index contributed by atoms with van der Waals surface area (Å²) in [7, 11) is 1.91. The van der Waals surface area contributed by atoms with Gasteiger partial charge >= 0.3 is 5.97 Å². The Balaban J connectivity index is 2.27. The number of carbonyl (C=O) groups is 1. The van der Waals surface area contributed by atoms with E-state index in [4.69, 9.17) is 5.11 Å². The normalized spacial score (nSPS) is 10.5. The van der Waals surface area contributed by atoms with Crippen LogP contribution in [-0.4, -0.2) is 18.1 Å². The highest BCUT2D eigenvalue weighted by Gasteiger charge is 2.10. The van der Waals surface area contributed by atoms with Crippen molar-refractivity contribution in [3.63, 3.8) is 0 Å². The molecule has 2 aromatic carbocycles. The van der Waals surface area contributed by atoms with Crippen LogP contribution in [-0.2, 0) is 6.54 Å². The Morgan fingerprint density at radius 1 is 1.19 bits per heavy atom. The smallest absolute Gasteiger partial charge is 0.335 e. The van der Waals surface area contributed by atoms with Gasteiger partial charge in [0.2, 0.25) is 0 Å². The second-order valence-corrected chi connectivity index (χ2v) is 5.30. The number of carboxylic acid groups (broad SMARTS) is 1. The van der Waals surface area contributed by atoms with Gasteiger partial charge in [0.15, 0.2) is 0 Å². The van der Waals surface area contributed by atoms with Gasteiger partial charge in [0, 0.05) is 19.3 Å². The Labute approximate surface area is 123 Å². The van der Waals surface area contributed by atoms with E-state index in [-0.39, 0.29) is 5.56 Å². The number of rotatable bonds is 4. The van der Waals surface area contributed by atoms with Crippen LogP contribution >= 0.6 is 0 Å². The van der Waals surface area contributed by atoms with E-state index in [1.807, 2.05) is 37.9 Å². The number of carboxylic acids is 1. The molecule has 2 rings (SSSR count). The fraction of sp³-hybridized carbons (Fsp3) is 0.235. The lowest BCUT2D eigenvalue weighted by Crippen LogP contribution is -2.18. The Hall–Kier alpha value is -2.36. The molecule has 0 saturated carbocycles. The zero-order valence-corrected chi connectivity index (χ0v) is 12.4. The molecule has 0 aliphatic heterocycles. The van der Waals surface area contributed by atoms with E-state index >= 15 is 0 Å². The van der Waals surface area contributed by atoms with Crippen LogP contribution in [0.2, 0.25) is 0 Å². The molecule has 0 radical (unpaired) electrons. The minimum Gasteiger partial charge on any atom is -0.478 e. The second kappa shape index (κ2) is 5.95. The van der Waals surface area contributed by atoms with Crippen molar-refractivity contribution in [1.82, 2.24) is 0 Å². The van der Waals surface area contributed by atoms with Gasteiger partial charge in [0.25, 0.3) is 0 Å². The van der Waals surface area contributed by atoms with Gasteiger partial charge in [-0.25, -0.2) is 9.18 Å². The van der Waals surface area contributed by atoms with Gasteiger partial charge in [-0.15, -0.1) is 0 Å². The Kier molecular flexibility index (Phi) is 4.26. The lowest BCUT2D eigenvalue weighted by atomic mass is 10.1. The first-order chi connectivity index (χ1) is 9.86. The number of aromatic carboxylic acids is 1. The maximum Gasteiger partial charge on any atom is 0.335 e. The molecule has 0 saturated heterocycles. The van der Waals surface area contributed by atoms with Crippen LogP contribution < -0.4 is 4.90 Å². The van der Waals surface area contributed by atoms with Gasteiger partial charge in [-0.2, -0.15) is 0 Å². The first kappa shape index (κ1) is 15.0. The van der Waals surface area contributed by atoms with Crippen molar-refractivity contribution < 1.29 is 14.3 Å². The molecule has 4 heteroatoms. The average Bonchev–Trinajstić information content (AvgIpc) is 2.37. The third kappa shape index (κ3) is 3.60. The highest BCUT2D eigenvalue weighted by atomic mass is 19.1. The zero-order chi connectivity index (χ0) is 15.6. The van der Waals surface area contributed by atoms with E-state index in [0.29, 0.717) is 12.1 Å². The van der Waals surface area contributed by atoms with E-state index in [9.17, 15) is 9.18 Å². The molecule has 0 aliphatic carbocycles. The SMILES string of the molecule is Cc1ccc(N(C)Cc2cc(F)cc(C(=O)O)c2)c(C)c1. The lowest BCUT2D eigenvalue weighted by Gasteiger charge is -2.22. The van der Waals surface area contributed by atoms with Gasteiger partial charge in [0.05, 0.1) is 5.56 Å². The van der Waals surface area contributed by atoms with Crippen LogP contribution in [0.3, 0.4) is 0 Å². The van der Waals surface area contributed by atoms with Gasteiger partial charge in [-0.3, -0.25) is 0 Å². The highest BCUT2D eigenvalue weighted by molar-refractivity contribution is 5.87. The van der Waals surface area contributed by atoms with E-state index in [1.165, 1.54) is 17.7 Å². The summed E-state index contributed by atoms with van der Waals surface area (Å²) in [5, 5.41) is 8.98. The Bertz CT molecular complexity index is 682. The minimum atomic E-state index is -1.12. The van der Waals surface area contributed by atoms with Crippen molar-refractivity contribution in [2.75, 3.05) is 11.9 Å². The Morgan fingerprint density at radius 2 is 1.90 bits per heavy atom. The number of aryl methyl sites for hydroxylation is 2. The largest absolute Gasteiger partial charge is 0.478 e. The molecule has 3 nitrogen and oxygen atoms in total. The molecule has 0 aromatic heterocycles. The summed E-state index contributed by atoms with van der Waals surface area (Å²) in [5.74, 6) is -1.65. The maximum atomic E-state index is 13.5. The summed E-state index contributed by atoms with van der Waals surface area (Å²) in [6.07, 6.45) is 0. The molecule has 110 valence electrons. The summed E-state index contributed by atoms with van der Waals surface area (Å²) in [6.45, 7) is 4.50. The van der Waals surface area contributed by atoms with Crippen LogP contribution in [0.4, 0.5) is 10.1 Å². The molecule has 21 heavy (non-hydrogen) atoms. The predicted octanol–water partition coefficient (Wildman–Crippen LogP) is 3.78. The van der Waals surface area contributed by atoms with Crippen LogP contribution in [0.1, 0.15) is 27.0 Å². The highest BCUT2D eigenvalue weighted by Crippen LogP contribution is 2.22. The molecule has 0 unspecified atom stereocenters. The molecule has 1 N–H and O–H groups in total. The molecular formula is C17H18FNO2. The summed E-state index contributed by atoms with van der Waals surface area (Å²) >= 11 is 0. The van der Waals surface area contributed by atoms with E-state index < -0.39 is 11.8 Å². The van der Waals surface area contributed by atoms with Crippen LogP contribution in [0, 0.1) is 19.7 Å². The number of hydrogen-bond donors (Lipinski definition) is 1. The average molecular weight is 287 g/mol. The van der Waals surface area contributed by atoms with Crippen molar-refractivity contribution >= 4 is 11.7 Å². The summed E-state index contributed by atoms with van der Waals surface area (Å²) in [6, 6.07) is 10.0. The molecule has 0 atom stereocenters. The predicted molar refractivity (Wildman–Crippen MR) is 81.4 cm³/mol. The third-order valence-electron chi connectivity index (χ3n) is 3.39. The first-order valence-corrected chi connectivity index (χ1v) is 6.68. The molecular weight excluding hydrogens is 269 g/mol. The van der Waals surface area contributed by atoms with Crippen molar-refractivity contribution in [3.05, 3.63) is 64.5 Å². The van der Waals surface area contributed by atoms with Crippen molar-refractivity contribution in [2.45, 2.75) is 20.4 Å². The third-order valence-corrected chi connectivity index (χ3v) is 3.39. The Morgan fingerprint density at radius 3 is 2.52 bits per heavy atom. The second-order valence-electron chi connectivity index (χ2n) is 5.30. The van der Waals surface area contributed by atoms with E-state index in [1.54, 1.807) is 0 Å². The van der Waals surface area contributed by atoms with Crippen molar-refractivity contribution in [2.24, 2.45) is 0 Å². The molecule has 0 fully saturated rings. The number of benzene rings is 2. The maximum absolute atomic E-state index is 13.5. The topological polar surface area (TPSA) is 40.5 Å². The van der Waals surface area contributed by atoms with Crippen molar-refractivity contribution in [1.29, 1.82) is 0 Å². The monoisotopic (exact) mass is 287 g/mol. The van der Waals surface area contributed by atoms with E-state index in [0.717, 1.165) is 17.3 Å². The first-order valence-electron chi connectivity index (χ1n) is 6.68. The summed E-state index contributed by atoms with van der Waals surface area (Å²) in [5.41, 5.74) is 3.96. The molecule has 2 aromatic rings. The van der Waals surface area contributed by atoms with Crippen LogP contribution in [0.25, 0.3) is 0 Å². The van der Waals surface area contributed by atoms with Gasteiger partial charge in [-0.05, 0) is 49.2 Å². The number of nitrogens with zero attached hydrogens (tertiary/aromatic N) is 1. The molecule has 0 bridgehead atoms. The van der Waals surface area contributed by atoms with Crippen LogP contribution in [0.5, 0.6) is 0 Å². The fourth-order valence-corrected chi connectivity index (χ4v) is 2.46. The number of anilines is 1. The molecule has 0 aliphatic rings. The fourth-order valence-electron chi connectivity index (χ4n) is 2.46. The summed E-state index contributed by atoms with van der Waals surface area (Å²) < 4.78 is 13.5. The number of halogens is 1. The zero-order valence-electron chi connectivity index (χ0n) is 12.4. The van der Waals surface area contributed by atoms with Gasteiger partial charge < -0.3 is 10.0 Å². The standard InChI is InChI=1S/C17H18FNO2/c1-11-4-5-16(12(2)6-11)19(3)10-13-7-14(17(20)21)9-15(18)8-13/h4-9H,10H2,1-3H3,(H,20,21). The van der Waals surface area contributed by atoms with Gasteiger partial charge in [0.1, 0.15) is 5.82 Å². The van der Waals surface area contributed by atoms with Gasteiger partial charge in [-0.1, -0.05) is 17.7 Å². The van der Waals surface area contributed by atoms with Crippen LogP contribution in [0.15, 0.2) is 36.4 Å². The van der Waals surface area contributed by atoms with E-state index in [2.05, 4.69) is 6.07 Å². The lowest BCUT2D eigenvalue weighted by molar-refractivity contribution is 0.0696. The summed E-state index contributed by atoms with van der Waals surface area (Å²) in [4.78, 5) is 13.0. The quantitative estimate of drug-likeness (QED) is 0.930. The number of hydrogen-bond acceptors (Lipinski definition) is 2. The molecule has 0 heterocycles.